The fourth-order valence-electron chi connectivity index (χ4n) is 2.46. The Morgan fingerprint density at radius 1 is 1.32 bits per heavy atom. The molecule has 0 aliphatic rings. The number of rotatable bonds is 7. The number of hydrogen-bond acceptors (Lipinski definition) is 8. The van der Waals surface area contributed by atoms with Gasteiger partial charge in [-0.15, -0.1) is 11.3 Å². The van der Waals surface area contributed by atoms with E-state index in [-0.39, 0.29) is 27.7 Å². The number of carbonyl (C=O) groups excluding carboxylic acids is 3. The second-order valence-corrected chi connectivity index (χ2v) is 6.62. The Kier molecular flexibility index (Phi) is 6.52. The first kappa shape index (κ1) is 21.1. The lowest BCUT2D eigenvalue weighted by Gasteiger charge is -2.14. The summed E-state index contributed by atoms with van der Waals surface area (Å²) in [4.78, 5) is 48.3. The summed E-state index contributed by atoms with van der Waals surface area (Å²) in [6.07, 6.45) is 1.27. The van der Waals surface area contributed by atoms with E-state index in [2.05, 4.69) is 10.4 Å². The molecular formula is C17H19N3O7S. The fraction of sp³-hybridized carbons (Fsp3) is 0.353. The van der Waals surface area contributed by atoms with Gasteiger partial charge in [0.2, 0.25) is 5.91 Å². The maximum atomic E-state index is 12.6. The number of amides is 1. The third-order valence-electron chi connectivity index (χ3n) is 3.87. The van der Waals surface area contributed by atoms with Crippen molar-refractivity contribution in [1.29, 1.82) is 0 Å². The summed E-state index contributed by atoms with van der Waals surface area (Å²) >= 11 is 0.878. The van der Waals surface area contributed by atoms with Crippen molar-refractivity contribution >= 4 is 40.2 Å². The van der Waals surface area contributed by atoms with Crippen LogP contribution in [0, 0.1) is 6.92 Å². The highest BCUT2D eigenvalue weighted by Gasteiger charge is 2.29. The van der Waals surface area contributed by atoms with E-state index < -0.39 is 29.9 Å². The molecule has 0 aliphatic heterocycles. The van der Waals surface area contributed by atoms with Gasteiger partial charge in [0.1, 0.15) is 21.6 Å². The monoisotopic (exact) mass is 409 g/mol. The summed E-state index contributed by atoms with van der Waals surface area (Å²) in [7, 11) is 1.18. The van der Waals surface area contributed by atoms with Crippen LogP contribution in [0.5, 0.6) is 0 Å². The van der Waals surface area contributed by atoms with Crippen LogP contribution in [0.1, 0.15) is 56.0 Å². The van der Waals surface area contributed by atoms with Crippen molar-refractivity contribution in [3.8, 4) is 0 Å². The number of esters is 2. The minimum atomic E-state index is -1.23. The predicted molar refractivity (Wildman–Crippen MR) is 98.9 cm³/mol. The van der Waals surface area contributed by atoms with Crippen LogP contribution in [-0.2, 0) is 14.3 Å². The highest BCUT2D eigenvalue weighted by molar-refractivity contribution is 7.18. The molecule has 0 radical (unpaired) electrons. The molecule has 0 fully saturated rings. The lowest BCUT2D eigenvalue weighted by Crippen LogP contribution is -2.27. The number of ether oxygens (including phenoxy) is 2. The predicted octanol–water partition coefficient (Wildman–Crippen LogP) is 2.11. The van der Waals surface area contributed by atoms with Gasteiger partial charge in [0.25, 0.3) is 0 Å². The Hall–Kier alpha value is -3.21. The number of carboxylic acids is 1. The summed E-state index contributed by atoms with van der Waals surface area (Å²) in [5.41, 5.74) is 0.198. The number of nitrogens with one attached hydrogen (secondary N) is 1. The van der Waals surface area contributed by atoms with Gasteiger partial charge in [-0.1, -0.05) is 0 Å². The number of anilines is 1. The van der Waals surface area contributed by atoms with Crippen molar-refractivity contribution < 1.29 is 33.8 Å². The Morgan fingerprint density at radius 2 is 2.00 bits per heavy atom. The van der Waals surface area contributed by atoms with Gasteiger partial charge >= 0.3 is 17.9 Å². The van der Waals surface area contributed by atoms with Crippen molar-refractivity contribution in [1.82, 2.24) is 9.78 Å². The first-order chi connectivity index (χ1) is 13.2. The molecule has 0 spiro atoms. The van der Waals surface area contributed by atoms with E-state index in [9.17, 15) is 24.3 Å². The van der Waals surface area contributed by atoms with Crippen LogP contribution in [0.2, 0.25) is 0 Å². The number of carbonyl (C=O) groups is 4. The molecule has 11 heteroatoms. The minimum Gasteiger partial charge on any atom is -0.477 e. The minimum absolute atomic E-state index is 0.0371. The molecule has 1 atom stereocenters. The molecule has 10 nitrogen and oxygen atoms in total. The number of methoxy groups -OCH3 is 1. The van der Waals surface area contributed by atoms with E-state index in [0.717, 1.165) is 16.0 Å². The SMILES string of the molecule is CCOC(=O)c1sc(NC(=O)C(C)n2nccc2C(=O)O)c(C(=O)OC)c1C. The van der Waals surface area contributed by atoms with Crippen LogP contribution < -0.4 is 5.32 Å². The highest BCUT2D eigenvalue weighted by atomic mass is 32.1. The van der Waals surface area contributed by atoms with E-state index in [1.165, 1.54) is 26.3 Å². The van der Waals surface area contributed by atoms with Gasteiger partial charge in [-0.05, 0) is 32.4 Å². The molecule has 0 saturated heterocycles. The van der Waals surface area contributed by atoms with Gasteiger partial charge < -0.3 is 19.9 Å². The maximum Gasteiger partial charge on any atom is 0.354 e. The lowest BCUT2D eigenvalue weighted by molar-refractivity contribution is -0.119. The second-order valence-electron chi connectivity index (χ2n) is 5.60. The number of aromatic carboxylic acids is 1. The van der Waals surface area contributed by atoms with Gasteiger partial charge in [-0.25, -0.2) is 19.1 Å². The largest absolute Gasteiger partial charge is 0.477 e. The number of nitrogens with zero attached hydrogens (tertiary/aromatic N) is 2. The summed E-state index contributed by atoms with van der Waals surface area (Å²) < 4.78 is 10.8. The standard InChI is InChI=1S/C17H19N3O7S/c1-5-27-17(25)12-8(2)11(16(24)26-4)14(28-12)19-13(21)9(3)20-10(15(22)23)6-7-18-20/h6-7,9H,5H2,1-4H3,(H,19,21)(H,22,23). The Labute approximate surface area is 164 Å². The summed E-state index contributed by atoms with van der Waals surface area (Å²) in [5, 5.41) is 15.7. The van der Waals surface area contributed by atoms with Gasteiger partial charge in [0.15, 0.2) is 0 Å². The first-order valence-electron chi connectivity index (χ1n) is 8.19. The molecular weight excluding hydrogens is 390 g/mol. The number of thiophene rings is 1. The number of aromatic nitrogens is 2. The molecule has 2 aromatic rings. The molecule has 2 N–H and O–H groups in total. The van der Waals surface area contributed by atoms with Crippen LogP contribution in [0.15, 0.2) is 12.3 Å². The Balaban J connectivity index is 2.38. The fourth-order valence-corrected chi connectivity index (χ4v) is 3.55. The van der Waals surface area contributed by atoms with Crippen molar-refractivity contribution in [2.75, 3.05) is 19.0 Å². The van der Waals surface area contributed by atoms with E-state index in [0.29, 0.717) is 5.56 Å². The van der Waals surface area contributed by atoms with Gasteiger partial charge in [-0.2, -0.15) is 5.10 Å². The molecule has 2 rings (SSSR count). The molecule has 28 heavy (non-hydrogen) atoms. The van der Waals surface area contributed by atoms with Crippen molar-refractivity contribution in [2.24, 2.45) is 0 Å². The van der Waals surface area contributed by atoms with Crippen LogP contribution in [0.25, 0.3) is 0 Å². The smallest absolute Gasteiger partial charge is 0.354 e. The highest BCUT2D eigenvalue weighted by Crippen LogP contribution is 2.34. The lowest BCUT2D eigenvalue weighted by atomic mass is 10.1. The number of carboxylic acid groups (broad SMARTS) is 1. The summed E-state index contributed by atoms with van der Waals surface area (Å²) in [6, 6.07) is 0.278. The van der Waals surface area contributed by atoms with Gasteiger partial charge in [-0.3, -0.25) is 4.79 Å². The number of hydrogen-bond donors (Lipinski definition) is 2. The first-order valence-corrected chi connectivity index (χ1v) is 9.01. The van der Waals surface area contributed by atoms with E-state index in [1.54, 1.807) is 13.8 Å². The third kappa shape index (κ3) is 4.03. The molecule has 2 aromatic heterocycles. The van der Waals surface area contributed by atoms with Crippen molar-refractivity contribution in [2.45, 2.75) is 26.8 Å². The molecule has 1 amide bonds. The third-order valence-corrected chi connectivity index (χ3v) is 5.06. The molecule has 0 saturated carbocycles. The van der Waals surface area contributed by atoms with Crippen LogP contribution >= 0.6 is 11.3 Å². The van der Waals surface area contributed by atoms with E-state index in [1.807, 2.05) is 0 Å². The summed E-state index contributed by atoms with van der Waals surface area (Å²) in [5.74, 6) is -3.20. The quantitative estimate of drug-likeness (QED) is 0.664. The normalized spacial score (nSPS) is 11.6. The molecule has 0 aliphatic carbocycles. The van der Waals surface area contributed by atoms with Crippen molar-refractivity contribution in [3.63, 3.8) is 0 Å². The average molecular weight is 409 g/mol. The van der Waals surface area contributed by atoms with E-state index >= 15 is 0 Å². The maximum absolute atomic E-state index is 12.6. The van der Waals surface area contributed by atoms with Crippen LogP contribution in [0.3, 0.4) is 0 Å². The van der Waals surface area contributed by atoms with E-state index in [4.69, 9.17) is 9.47 Å². The van der Waals surface area contributed by atoms with Crippen molar-refractivity contribution in [3.05, 3.63) is 34.0 Å². The molecule has 2 heterocycles. The average Bonchev–Trinajstić information content (AvgIpc) is 3.25. The molecule has 150 valence electrons. The second kappa shape index (κ2) is 8.65. The Morgan fingerprint density at radius 3 is 2.57 bits per heavy atom. The molecule has 0 bridgehead atoms. The zero-order valence-electron chi connectivity index (χ0n) is 15.6. The molecule has 0 aromatic carbocycles. The Bertz CT molecular complexity index is 931. The van der Waals surface area contributed by atoms with Crippen LogP contribution in [-0.4, -0.2) is 52.4 Å². The van der Waals surface area contributed by atoms with Crippen LogP contribution in [0.4, 0.5) is 5.00 Å². The summed E-state index contributed by atoms with van der Waals surface area (Å²) in [6.45, 7) is 4.81. The van der Waals surface area contributed by atoms with Gasteiger partial charge in [0.05, 0.1) is 19.3 Å². The zero-order valence-corrected chi connectivity index (χ0v) is 16.5. The topological polar surface area (TPSA) is 137 Å². The zero-order chi connectivity index (χ0) is 21.0. The molecule has 1 unspecified atom stereocenters. The van der Waals surface area contributed by atoms with Gasteiger partial charge in [0, 0.05) is 6.20 Å².